The van der Waals surface area contributed by atoms with E-state index in [0.29, 0.717) is 6.54 Å². The summed E-state index contributed by atoms with van der Waals surface area (Å²) in [5.41, 5.74) is 7.15. The summed E-state index contributed by atoms with van der Waals surface area (Å²) in [5.74, 6) is 0. The van der Waals surface area contributed by atoms with E-state index in [-0.39, 0.29) is 0 Å². The predicted octanol–water partition coefficient (Wildman–Crippen LogP) is 0.442. The molecule has 0 spiro atoms. The fourth-order valence-electron chi connectivity index (χ4n) is 0.509. The Balaban J connectivity index is 2.92. The lowest BCUT2D eigenvalue weighted by molar-refractivity contribution is 0.414. The van der Waals surface area contributed by atoms with Crippen LogP contribution in [0.2, 0.25) is 0 Å². The van der Waals surface area contributed by atoms with Crippen molar-refractivity contribution < 1.29 is 4.52 Å². The van der Waals surface area contributed by atoms with Gasteiger partial charge in [0.05, 0.1) is 5.69 Å². The Labute approximate surface area is 47.5 Å². The van der Waals surface area contributed by atoms with Crippen LogP contribution in [0.25, 0.3) is 0 Å². The highest BCUT2D eigenvalue weighted by atomic mass is 16.5. The van der Waals surface area contributed by atoms with Gasteiger partial charge in [-0.1, -0.05) is 5.16 Å². The topological polar surface area (TPSA) is 52.0 Å². The maximum atomic E-state index is 5.30. The van der Waals surface area contributed by atoms with Crippen LogP contribution in [0.5, 0.6) is 0 Å². The van der Waals surface area contributed by atoms with E-state index < -0.39 is 0 Å². The standard InChI is InChI=1S/C5H8N2O/c1-4-5(2-6)3-8-7-4/h3H,2,6H2,1H3. The van der Waals surface area contributed by atoms with Crippen molar-refractivity contribution in [3.63, 3.8) is 0 Å². The molecule has 0 bridgehead atoms. The van der Waals surface area contributed by atoms with Crippen LogP contribution in [-0.4, -0.2) is 5.16 Å². The van der Waals surface area contributed by atoms with Gasteiger partial charge in [-0.25, -0.2) is 0 Å². The van der Waals surface area contributed by atoms with Gasteiger partial charge >= 0.3 is 0 Å². The van der Waals surface area contributed by atoms with Gasteiger partial charge in [-0.15, -0.1) is 0 Å². The normalized spacial score (nSPS) is 9.75. The lowest BCUT2D eigenvalue weighted by atomic mass is 10.3. The van der Waals surface area contributed by atoms with Crippen LogP contribution < -0.4 is 5.73 Å². The Morgan fingerprint density at radius 2 is 2.62 bits per heavy atom. The molecule has 0 aliphatic heterocycles. The zero-order valence-corrected chi connectivity index (χ0v) is 4.72. The molecule has 1 heterocycles. The molecule has 0 amide bonds. The minimum atomic E-state index is 0.509. The summed E-state index contributed by atoms with van der Waals surface area (Å²) in [7, 11) is 0. The minimum Gasteiger partial charge on any atom is -0.364 e. The number of hydrogen-bond acceptors (Lipinski definition) is 3. The fourth-order valence-corrected chi connectivity index (χ4v) is 0.509. The molecule has 3 heteroatoms. The number of hydrogen-bond donors (Lipinski definition) is 1. The van der Waals surface area contributed by atoms with Gasteiger partial charge in [0.1, 0.15) is 6.26 Å². The molecule has 0 unspecified atom stereocenters. The third-order valence-electron chi connectivity index (χ3n) is 1.07. The molecule has 0 saturated heterocycles. The van der Waals surface area contributed by atoms with E-state index in [1.165, 1.54) is 0 Å². The van der Waals surface area contributed by atoms with Crippen molar-refractivity contribution in [1.82, 2.24) is 5.16 Å². The SMILES string of the molecule is Cc1nocc1CN. The molecule has 3 nitrogen and oxygen atoms in total. The monoisotopic (exact) mass is 112 g/mol. The summed E-state index contributed by atoms with van der Waals surface area (Å²) < 4.78 is 4.61. The highest BCUT2D eigenvalue weighted by molar-refractivity contribution is 5.11. The van der Waals surface area contributed by atoms with Crippen LogP contribution in [0, 0.1) is 6.92 Å². The van der Waals surface area contributed by atoms with Gasteiger partial charge in [-0.05, 0) is 6.92 Å². The Kier molecular flexibility index (Phi) is 1.30. The average molecular weight is 112 g/mol. The third-order valence-corrected chi connectivity index (χ3v) is 1.07. The van der Waals surface area contributed by atoms with Gasteiger partial charge in [0, 0.05) is 12.1 Å². The Hall–Kier alpha value is -0.830. The zero-order chi connectivity index (χ0) is 5.98. The number of nitrogens with two attached hydrogens (primary N) is 1. The van der Waals surface area contributed by atoms with Crippen molar-refractivity contribution in [3.8, 4) is 0 Å². The molecule has 8 heavy (non-hydrogen) atoms. The van der Waals surface area contributed by atoms with Crippen molar-refractivity contribution in [2.45, 2.75) is 13.5 Å². The lowest BCUT2D eigenvalue weighted by Crippen LogP contribution is -1.95. The van der Waals surface area contributed by atoms with E-state index in [4.69, 9.17) is 5.73 Å². The number of aryl methyl sites for hydroxylation is 1. The summed E-state index contributed by atoms with van der Waals surface area (Å²) in [4.78, 5) is 0. The second-order valence-corrected chi connectivity index (χ2v) is 1.63. The van der Waals surface area contributed by atoms with Gasteiger partial charge < -0.3 is 10.3 Å². The maximum absolute atomic E-state index is 5.30. The van der Waals surface area contributed by atoms with Gasteiger partial charge in [0.25, 0.3) is 0 Å². The molecule has 0 fully saturated rings. The summed E-state index contributed by atoms with van der Waals surface area (Å²) in [5, 5.41) is 3.63. The summed E-state index contributed by atoms with van der Waals surface area (Å²) in [6.07, 6.45) is 1.56. The summed E-state index contributed by atoms with van der Waals surface area (Å²) in [6, 6.07) is 0. The first-order valence-electron chi connectivity index (χ1n) is 2.44. The highest BCUT2D eigenvalue weighted by Gasteiger charge is 1.96. The Morgan fingerprint density at radius 1 is 1.88 bits per heavy atom. The molecule has 2 N–H and O–H groups in total. The molecule has 0 aliphatic carbocycles. The van der Waals surface area contributed by atoms with Crippen molar-refractivity contribution in [3.05, 3.63) is 17.5 Å². The van der Waals surface area contributed by atoms with Crippen molar-refractivity contribution in [2.75, 3.05) is 0 Å². The van der Waals surface area contributed by atoms with Gasteiger partial charge in [0.2, 0.25) is 0 Å². The summed E-state index contributed by atoms with van der Waals surface area (Å²) >= 11 is 0. The van der Waals surface area contributed by atoms with Crippen LogP contribution in [0.1, 0.15) is 11.3 Å². The van der Waals surface area contributed by atoms with E-state index in [2.05, 4.69) is 9.68 Å². The van der Waals surface area contributed by atoms with E-state index in [1.54, 1.807) is 6.26 Å². The molecular weight excluding hydrogens is 104 g/mol. The molecule has 44 valence electrons. The number of aromatic nitrogens is 1. The molecule has 0 saturated carbocycles. The van der Waals surface area contributed by atoms with Crippen LogP contribution in [0.4, 0.5) is 0 Å². The fraction of sp³-hybridized carbons (Fsp3) is 0.400. The smallest absolute Gasteiger partial charge is 0.128 e. The van der Waals surface area contributed by atoms with Gasteiger partial charge in [-0.3, -0.25) is 0 Å². The average Bonchev–Trinajstić information content (AvgIpc) is 2.14. The first kappa shape index (κ1) is 5.31. The van der Waals surface area contributed by atoms with Crippen molar-refractivity contribution in [1.29, 1.82) is 0 Å². The molecule has 0 radical (unpaired) electrons. The van der Waals surface area contributed by atoms with Crippen LogP contribution in [0.3, 0.4) is 0 Å². The highest BCUT2D eigenvalue weighted by Crippen LogP contribution is 2.01. The zero-order valence-electron chi connectivity index (χ0n) is 4.72. The molecule has 1 rings (SSSR count). The molecule has 0 atom stereocenters. The summed E-state index contributed by atoms with van der Waals surface area (Å²) in [6.45, 7) is 2.38. The van der Waals surface area contributed by atoms with Crippen LogP contribution in [0.15, 0.2) is 10.8 Å². The first-order chi connectivity index (χ1) is 3.84. The Morgan fingerprint density at radius 3 is 2.88 bits per heavy atom. The predicted molar refractivity (Wildman–Crippen MR) is 29.1 cm³/mol. The molecule has 1 aromatic heterocycles. The first-order valence-corrected chi connectivity index (χ1v) is 2.44. The van der Waals surface area contributed by atoms with Crippen LogP contribution >= 0.6 is 0 Å². The Bertz CT molecular complexity index is 171. The second kappa shape index (κ2) is 1.96. The van der Waals surface area contributed by atoms with Crippen molar-refractivity contribution >= 4 is 0 Å². The van der Waals surface area contributed by atoms with Gasteiger partial charge in [0.15, 0.2) is 0 Å². The van der Waals surface area contributed by atoms with E-state index in [0.717, 1.165) is 11.3 Å². The minimum absolute atomic E-state index is 0.509. The number of rotatable bonds is 1. The number of nitrogens with zero attached hydrogens (tertiary/aromatic N) is 1. The maximum Gasteiger partial charge on any atom is 0.128 e. The third kappa shape index (κ3) is 0.721. The molecule has 1 aromatic rings. The molecular formula is C5H8N2O. The van der Waals surface area contributed by atoms with Crippen molar-refractivity contribution in [2.24, 2.45) is 5.73 Å². The van der Waals surface area contributed by atoms with E-state index in [9.17, 15) is 0 Å². The second-order valence-electron chi connectivity index (χ2n) is 1.63. The molecule has 0 aliphatic rings. The largest absolute Gasteiger partial charge is 0.364 e. The van der Waals surface area contributed by atoms with Gasteiger partial charge in [-0.2, -0.15) is 0 Å². The van der Waals surface area contributed by atoms with E-state index >= 15 is 0 Å². The van der Waals surface area contributed by atoms with Crippen LogP contribution in [-0.2, 0) is 6.54 Å². The quantitative estimate of drug-likeness (QED) is 0.573. The molecule has 0 aromatic carbocycles. The lowest BCUT2D eigenvalue weighted by Gasteiger charge is -1.83. The van der Waals surface area contributed by atoms with E-state index in [1.807, 2.05) is 6.92 Å².